The van der Waals surface area contributed by atoms with E-state index in [0.29, 0.717) is 11.8 Å². The molecule has 0 saturated heterocycles. The lowest BCUT2D eigenvalue weighted by Gasteiger charge is -2.27. The van der Waals surface area contributed by atoms with E-state index in [1.54, 1.807) is 6.21 Å². The van der Waals surface area contributed by atoms with E-state index in [9.17, 15) is 4.79 Å². The molecule has 25 heavy (non-hydrogen) atoms. The summed E-state index contributed by atoms with van der Waals surface area (Å²) >= 11 is 3.42. The highest BCUT2D eigenvalue weighted by Gasteiger charge is 3.01. The first-order valence-corrected chi connectivity index (χ1v) is 9.66. The third kappa shape index (κ3) is 1.86. The maximum atomic E-state index is 13.0. The Morgan fingerprint density at radius 2 is 1.76 bits per heavy atom. The van der Waals surface area contributed by atoms with Gasteiger partial charge < -0.3 is 0 Å². The van der Waals surface area contributed by atoms with E-state index >= 15 is 0 Å². The summed E-state index contributed by atoms with van der Waals surface area (Å²) < 4.78 is 1.03. The van der Waals surface area contributed by atoms with E-state index in [-0.39, 0.29) is 16.7 Å². The third-order valence-corrected chi connectivity index (χ3v) is 7.11. The molecule has 2 aromatic rings. The molecular weight excluding hydrogens is 376 g/mol. The van der Waals surface area contributed by atoms with Gasteiger partial charge >= 0.3 is 0 Å². The highest BCUT2D eigenvalue weighted by atomic mass is 79.9. The maximum absolute atomic E-state index is 13.0. The Hall–Kier alpha value is -1.94. The summed E-state index contributed by atoms with van der Waals surface area (Å²) in [6.45, 7) is 0. The number of hydrazone groups is 1. The van der Waals surface area contributed by atoms with Crippen molar-refractivity contribution >= 4 is 28.1 Å². The fourth-order valence-corrected chi connectivity index (χ4v) is 5.96. The number of halogens is 1. The van der Waals surface area contributed by atoms with Gasteiger partial charge in [0, 0.05) is 9.89 Å². The molecule has 4 heteroatoms. The predicted molar refractivity (Wildman–Crippen MR) is 101 cm³/mol. The van der Waals surface area contributed by atoms with Gasteiger partial charge in [-0.05, 0) is 47.9 Å². The molecule has 3 nitrogen and oxygen atoms in total. The van der Waals surface area contributed by atoms with E-state index in [1.807, 2.05) is 30.3 Å². The molecule has 3 aliphatic rings. The molecule has 1 amide bonds. The number of carbonyl (C=O) groups is 1. The minimum Gasteiger partial charge on any atom is -0.272 e. The van der Waals surface area contributed by atoms with Gasteiger partial charge in [-0.2, -0.15) is 5.10 Å². The molecule has 3 aliphatic carbocycles. The average Bonchev–Trinajstić information content (AvgIpc) is 3.51. The number of hydrogen-bond donors (Lipinski definition) is 1. The van der Waals surface area contributed by atoms with Crippen LogP contribution in [0.3, 0.4) is 0 Å². The Balaban J connectivity index is 1.35. The molecule has 126 valence electrons. The van der Waals surface area contributed by atoms with Crippen molar-refractivity contribution in [2.75, 3.05) is 0 Å². The molecule has 1 N–H and O–H groups in total. The molecule has 0 spiro atoms. The third-order valence-electron chi connectivity index (χ3n) is 6.58. The first kappa shape index (κ1) is 15.3. The lowest BCUT2D eigenvalue weighted by molar-refractivity contribution is -0.126. The van der Waals surface area contributed by atoms with Crippen LogP contribution in [0.15, 0.2) is 64.2 Å². The molecule has 0 heterocycles. The van der Waals surface area contributed by atoms with Crippen LogP contribution >= 0.6 is 15.9 Å². The normalized spacial score (nSPS) is 34.4. The van der Waals surface area contributed by atoms with Crippen molar-refractivity contribution in [2.45, 2.75) is 24.7 Å². The zero-order valence-electron chi connectivity index (χ0n) is 13.8. The molecule has 0 aliphatic heterocycles. The van der Waals surface area contributed by atoms with Crippen molar-refractivity contribution in [3.05, 3.63) is 70.2 Å². The standard InChI is InChI=1S/C21H19BrN2O/c22-16-11-9-14(10-12-16)13-23-24-19(25)21-17-7-4-8-18(21)20(17,21)15-5-2-1-3-6-15/h1-3,5-6,9-13,17-18H,4,7-8H2,(H,24,25)/b23-13-/t17-,18+,20?,21?. The van der Waals surface area contributed by atoms with E-state index in [0.717, 1.165) is 22.9 Å². The van der Waals surface area contributed by atoms with E-state index in [1.165, 1.54) is 12.0 Å². The van der Waals surface area contributed by atoms with Gasteiger partial charge in [0.15, 0.2) is 0 Å². The second kappa shape index (κ2) is 5.28. The summed E-state index contributed by atoms with van der Waals surface area (Å²) in [6.07, 6.45) is 5.29. The Morgan fingerprint density at radius 1 is 1.08 bits per heavy atom. The maximum Gasteiger partial charge on any atom is 0.247 e. The lowest BCUT2D eigenvalue weighted by atomic mass is 9.77. The molecule has 2 unspecified atom stereocenters. The number of benzene rings is 2. The van der Waals surface area contributed by atoms with Crippen LogP contribution in [-0.4, -0.2) is 12.1 Å². The van der Waals surface area contributed by atoms with Crippen LogP contribution in [0.5, 0.6) is 0 Å². The van der Waals surface area contributed by atoms with Crippen LogP contribution in [0, 0.1) is 17.3 Å². The molecule has 0 bridgehead atoms. The molecule has 0 aromatic heterocycles. The van der Waals surface area contributed by atoms with Gasteiger partial charge in [0.2, 0.25) is 5.91 Å². The minimum absolute atomic E-state index is 0.101. The zero-order chi connectivity index (χ0) is 17.1. The van der Waals surface area contributed by atoms with Gasteiger partial charge in [-0.25, -0.2) is 5.43 Å². The van der Waals surface area contributed by atoms with Gasteiger partial charge in [-0.3, -0.25) is 4.79 Å². The summed E-state index contributed by atoms with van der Waals surface area (Å²) in [4.78, 5) is 13.0. The van der Waals surface area contributed by atoms with Crippen LogP contribution in [0.25, 0.3) is 0 Å². The highest BCUT2D eigenvalue weighted by Crippen LogP contribution is 2.97. The number of rotatable bonds is 4. The van der Waals surface area contributed by atoms with Gasteiger partial charge in [0.25, 0.3) is 0 Å². The SMILES string of the molecule is O=C(N/N=C\c1ccc(Br)cc1)C12[C@H]3CCC[C@@H]1C32c1ccccc1. The minimum atomic E-state index is -0.191. The predicted octanol–water partition coefficient (Wildman–Crippen LogP) is 4.27. The summed E-state index contributed by atoms with van der Waals surface area (Å²) in [5, 5.41) is 4.22. The first-order valence-electron chi connectivity index (χ1n) is 8.87. The van der Waals surface area contributed by atoms with Crippen LogP contribution < -0.4 is 5.43 Å². The molecule has 5 rings (SSSR count). The van der Waals surface area contributed by atoms with E-state index in [4.69, 9.17) is 0 Å². The van der Waals surface area contributed by atoms with Crippen molar-refractivity contribution in [1.82, 2.24) is 5.43 Å². The number of nitrogens with one attached hydrogen (secondary N) is 1. The quantitative estimate of drug-likeness (QED) is 0.610. The summed E-state index contributed by atoms with van der Waals surface area (Å²) in [5.41, 5.74) is 5.06. The number of fused-ring (bicyclic) bond motifs is 2. The average molecular weight is 395 g/mol. The van der Waals surface area contributed by atoms with Crippen molar-refractivity contribution < 1.29 is 4.79 Å². The smallest absolute Gasteiger partial charge is 0.247 e. The van der Waals surface area contributed by atoms with Crippen LogP contribution in [0.4, 0.5) is 0 Å². The topological polar surface area (TPSA) is 41.5 Å². The summed E-state index contributed by atoms with van der Waals surface area (Å²) in [5.74, 6) is 1.12. The van der Waals surface area contributed by atoms with E-state index in [2.05, 4.69) is 50.7 Å². The van der Waals surface area contributed by atoms with Gasteiger partial charge in [-0.15, -0.1) is 0 Å². The van der Waals surface area contributed by atoms with Gasteiger partial charge in [0.05, 0.1) is 11.6 Å². The fourth-order valence-electron chi connectivity index (χ4n) is 5.70. The summed E-state index contributed by atoms with van der Waals surface area (Å²) in [6, 6.07) is 18.5. The van der Waals surface area contributed by atoms with Crippen molar-refractivity contribution in [3.8, 4) is 0 Å². The Kier molecular flexibility index (Phi) is 3.23. The molecule has 2 aromatic carbocycles. The Bertz CT molecular complexity index is 847. The van der Waals surface area contributed by atoms with Crippen molar-refractivity contribution in [3.63, 3.8) is 0 Å². The van der Waals surface area contributed by atoms with Crippen LogP contribution in [-0.2, 0) is 10.2 Å². The van der Waals surface area contributed by atoms with E-state index < -0.39 is 0 Å². The fraction of sp³-hybridized carbons (Fsp3) is 0.333. The molecule has 3 fully saturated rings. The largest absolute Gasteiger partial charge is 0.272 e. The van der Waals surface area contributed by atoms with Crippen LogP contribution in [0.1, 0.15) is 30.4 Å². The van der Waals surface area contributed by atoms with Gasteiger partial charge in [-0.1, -0.05) is 64.8 Å². The summed E-state index contributed by atoms with van der Waals surface area (Å²) in [7, 11) is 0. The molecule has 3 saturated carbocycles. The van der Waals surface area contributed by atoms with Crippen molar-refractivity contribution in [2.24, 2.45) is 22.4 Å². The second-order valence-corrected chi connectivity index (χ2v) is 8.31. The molecule has 4 atom stereocenters. The molecule has 0 radical (unpaired) electrons. The molecular formula is C21H19BrN2O. The first-order chi connectivity index (χ1) is 12.2. The lowest BCUT2D eigenvalue weighted by Crippen LogP contribution is -2.31. The number of carbonyl (C=O) groups excluding carboxylic acids is 1. The number of amides is 1. The Morgan fingerprint density at radius 3 is 2.44 bits per heavy atom. The number of nitrogens with zero attached hydrogens (tertiary/aromatic N) is 1. The second-order valence-electron chi connectivity index (χ2n) is 7.39. The highest BCUT2D eigenvalue weighted by molar-refractivity contribution is 9.10. The zero-order valence-corrected chi connectivity index (χ0v) is 15.4. The van der Waals surface area contributed by atoms with Crippen molar-refractivity contribution in [1.29, 1.82) is 0 Å². The number of hydrogen-bond acceptors (Lipinski definition) is 2. The van der Waals surface area contributed by atoms with Gasteiger partial charge in [0.1, 0.15) is 0 Å². The Labute approximate surface area is 155 Å². The monoisotopic (exact) mass is 394 g/mol. The van der Waals surface area contributed by atoms with Crippen LogP contribution in [0.2, 0.25) is 0 Å².